The molecule has 3 aromatic rings. The van der Waals surface area contributed by atoms with E-state index in [0.29, 0.717) is 5.69 Å². The standard InChI is InChI=1S/C20H19FN2O/c1-22-17-6-3-2-5-15(17)13-19(22)20(24)23-12-4-7-18(23)14-8-10-16(21)11-9-14/h2-3,5-6,8-11,13,18H,4,7,12H2,1H3/t18-/m1/s1. The molecule has 3 nitrogen and oxygen atoms in total. The highest BCUT2D eigenvalue weighted by Gasteiger charge is 2.31. The van der Waals surface area contributed by atoms with E-state index in [-0.39, 0.29) is 17.8 Å². The van der Waals surface area contributed by atoms with Crippen LogP contribution in [0.4, 0.5) is 4.39 Å². The molecule has 24 heavy (non-hydrogen) atoms. The van der Waals surface area contributed by atoms with E-state index >= 15 is 0 Å². The molecule has 1 saturated heterocycles. The van der Waals surface area contributed by atoms with Crippen LogP contribution in [0.5, 0.6) is 0 Å². The Labute approximate surface area is 140 Å². The smallest absolute Gasteiger partial charge is 0.271 e. The van der Waals surface area contributed by atoms with Crippen LogP contribution in [0.3, 0.4) is 0 Å². The molecule has 0 N–H and O–H groups in total. The maximum Gasteiger partial charge on any atom is 0.271 e. The Morgan fingerprint density at radius 1 is 1.12 bits per heavy atom. The van der Waals surface area contributed by atoms with Crippen molar-refractivity contribution in [1.29, 1.82) is 0 Å². The molecule has 1 aliphatic heterocycles. The van der Waals surface area contributed by atoms with Gasteiger partial charge in [0, 0.05) is 24.5 Å². The predicted molar refractivity (Wildman–Crippen MR) is 92.3 cm³/mol. The Hall–Kier alpha value is -2.62. The van der Waals surface area contributed by atoms with Gasteiger partial charge in [-0.05, 0) is 42.7 Å². The molecule has 0 saturated carbocycles. The highest BCUT2D eigenvalue weighted by atomic mass is 19.1. The van der Waals surface area contributed by atoms with Crippen LogP contribution < -0.4 is 0 Å². The average molecular weight is 322 g/mol. The molecular formula is C20H19FN2O. The van der Waals surface area contributed by atoms with Crippen LogP contribution in [0.15, 0.2) is 54.6 Å². The molecule has 0 spiro atoms. The predicted octanol–water partition coefficient (Wildman–Crippen LogP) is 4.29. The highest BCUT2D eigenvalue weighted by molar-refractivity contribution is 5.99. The van der Waals surface area contributed by atoms with Crippen molar-refractivity contribution in [1.82, 2.24) is 9.47 Å². The molecule has 4 rings (SSSR count). The summed E-state index contributed by atoms with van der Waals surface area (Å²) in [6.45, 7) is 0.738. The number of fused-ring (bicyclic) bond motifs is 1. The zero-order valence-electron chi connectivity index (χ0n) is 13.6. The van der Waals surface area contributed by atoms with E-state index in [0.717, 1.165) is 35.9 Å². The number of carbonyl (C=O) groups excluding carboxylic acids is 1. The summed E-state index contributed by atoms with van der Waals surface area (Å²) < 4.78 is 15.1. The third kappa shape index (κ3) is 2.39. The fourth-order valence-electron chi connectivity index (χ4n) is 3.68. The minimum absolute atomic E-state index is 0.0242. The maximum absolute atomic E-state index is 13.2. The lowest BCUT2D eigenvalue weighted by Gasteiger charge is -2.25. The quantitative estimate of drug-likeness (QED) is 0.691. The van der Waals surface area contributed by atoms with Gasteiger partial charge in [-0.25, -0.2) is 4.39 Å². The molecule has 4 heteroatoms. The number of nitrogens with zero attached hydrogens (tertiary/aromatic N) is 2. The lowest BCUT2D eigenvalue weighted by atomic mass is 10.0. The van der Waals surface area contributed by atoms with Gasteiger partial charge >= 0.3 is 0 Å². The molecule has 1 aliphatic rings. The van der Waals surface area contributed by atoms with E-state index in [4.69, 9.17) is 0 Å². The number of para-hydroxylation sites is 1. The molecule has 0 unspecified atom stereocenters. The van der Waals surface area contributed by atoms with Crippen LogP contribution in [-0.4, -0.2) is 21.9 Å². The molecule has 122 valence electrons. The first-order valence-corrected chi connectivity index (χ1v) is 8.26. The second kappa shape index (κ2) is 5.78. The number of carbonyl (C=O) groups is 1. The van der Waals surface area contributed by atoms with E-state index in [9.17, 15) is 9.18 Å². The van der Waals surface area contributed by atoms with Crippen LogP contribution in [-0.2, 0) is 7.05 Å². The van der Waals surface area contributed by atoms with Crippen molar-refractivity contribution in [3.8, 4) is 0 Å². The molecule has 0 radical (unpaired) electrons. The lowest BCUT2D eigenvalue weighted by Crippen LogP contribution is -2.31. The minimum atomic E-state index is -0.247. The number of hydrogen-bond donors (Lipinski definition) is 0. The van der Waals surface area contributed by atoms with Gasteiger partial charge in [-0.2, -0.15) is 0 Å². The zero-order valence-corrected chi connectivity index (χ0v) is 13.6. The second-order valence-corrected chi connectivity index (χ2v) is 6.36. The number of halogens is 1. The largest absolute Gasteiger partial charge is 0.340 e. The van der Waals surface area contributed by atoms with Crippen molar-refractivity contribution >= 4 is 16.8 Å². The third-order valence-corrected chi connectivity index (χ3v) is 4.94. The van der Waals surface area contributed by atoms with E-state index in [1.165, 1.54) is 12.1 Å². The summed E-state index contributed by atoms with van der Waals surface area (Å²) >= 11 is 0. The average Bonchev–Trinajstić information content (AvgIpc) is 3.21. The van der Waals surface area contributed by atoms with Crippen molar-refractivity contribution in [3.05, 3.63) is 71.7 Å². The number of rotatable bonds is 2. The first-order chi connectivity index (χ1) is 11.6. The van der Waals surface area contributed by atoms with E-state index < -0.39 is 0 Å². The normalized spacial score (nSPS) is 17.6. The summed E-state index contributed by atoms with van der Waals surface area (Å²) in [5, 5.41) is 1.07. The number of aryl methyl sites for hydroxylation is 1. The Morgan fingerprint density at radius 2 is 1.88 bits per heavy atom. The van der Waals surface area contributed by atoms with E-state index in [1.54, 1.807) is 12.1 Å². The van der Waals surface area contributed by atoms with Crippen molar-refractivity contribution in [2.75, 3.05) is 6.54 Å². The molecule has 0 aliphatic carbocycles. The highest BCUT2D eigenvalue weighted by Crippen LogP contribution is 2.34. The SMILES string of the molecule is Cn1c(C(=O)N2CCC[C@@H]2c2ccc(F)cc2)cc2ccccc21. The van der Waals surface area contributed by atoms with Gasteiger partial charge in [0.2, 0.25) is 0 Å². The summed E-state index contributed by atoms with van der Waals surface area (Å²) in [5.74, 6) is -0.205. The van der Waals surface area contributed by atoms with Crippen molar-refractivity contribution in [2.45, 2.75) is 18.9 Å². The molecule has 1 aromatic heterocycles. The van der Waals surface area contributed by atoms with Crippen LogP contribution >= 0.6 is 0 Å². The van der Waals surface area contributed by atoms with Crippen LogP contribution in [0.2, 0.25) is 0 Å². The summed E-state index contributed by atoms with van der Waals surface area (Å²) in [7, 11) is 1.93. The van der Waals surface area contributed by atoms with Gasteiger partial charge in [0.25, 0.3) is 5.91 Å². The first-order valence-electron chi connectivity index (χ1n) is 8.26. The van der Waals surface area contributed by atoms with Gasteiger partial charge in [0.1, 0.15) is 11.5 Å². The van der Waals surface area contributed by atoms with Crippen LogP contribution in [0, 0.1) is 5.82 Å². The molecule has 1 atom stereocenters. The lowest BCUT2D eigenvalue weighted by molar-refractivity contribution is 0.0726. The maximum atomic E-state index is 13.2. The van der Waals surface area contributed by atoms with E-state index in [1.807, 2.05) is 46.8 Å². The number of hydrogen-bond acceptors (Lipinski definition) is 1. The topological polar surface area (TPSA) is 25.2 Å². The van der Waals surface area contributed by atoms with Gasteiger partial charge in [0.05, 0.1) is 6.04 Å². The summed E-state index contributed by atoms with van der Waals surface area (Å²) in [4.78, 5) is 15.0. The number of aromatic nitrogens is 1. The Kier molecular flexibility index (Phi) is 3.60. The molecule has 2 heterocycles. The third-order valence-electron chi connectivity index (χ3n) is 4.94. The first kappa shape index (κ1) is 14.9. The monoisotopic (exact) mass is 322 g/mol. The minimum Gasteiger partial charge on any atom is -0.340 e. The molecule has 0 bridgehead atoms. The van der Waals surface area contributed by atoms with E-state index in [2.05, 4.69) is 0 Å². The number of likely N-dealkylation sites (tertiary alicyclic amines) is 1. The fourth-order valence-corrected chi connectivity index (χ4v) is 3.68. The Balaban J connectivity index is 1.69. The van der Waals surface area contributed by atoms with Gasteiger partial charge in [-0.3, -0.25) is 4.79 Å². The zero-order chi connectivity index (χ0) is 16.7. The number of amides is 1. The van der Waals surface area contributed by atoms with Crippen LogP contribution in [0.25, 0.3) is 10.9 Å². The van der Waals surface area contributed by atoms with Gasteiger partial charge in [-0.1, -0.05) is 30.3 Å². The van der Waals surface area contributed by atoms with Gasteiger partial charge in [-0.15, -0.1) is 0 Å². The summed E-state index contributed by atoms with van der Waals surface area (Å²) in [5.41, 5.74) is 2.75. The van der Waals surface area contributed by atoms with Crippen molar-refractivity contribution in [3.63, 3.8) is 0 Å². The van der Waals surface area contributed by atoms with Crippen LogP contribution in [0.1, 0.15) is 34.9 Å². The van der Waals surface area contributed by atoms with Gasteiger partial charge < -0.3 is 9.47 Å². The fraction of sp³-hybridized carbons (Fsp3) is 0.250. The summed E-state index contributed by atoms with van der Waals surface area (Å²) in [6.07, 6.45) is 1.89. The molecule has 1 fully saturated rings. The van der Waals surface area contributed by atoms with Gasteiger partial charge in [0.15, 0.2) is 0 Å². The number of benzene rings is 2. The Morgan fingerprint density at radius 3 is 2.62 bits per heavy atom. The van der Waals surface area contributed by atoms with Crippen molar-refractivity contribution < 1.29 is 9.18 Å². The molecule has 2 aromatic carbocycles. The van der Waals surface area contributed by atoms with Crippen molar-refractivity contribution in [2.24, 2.45) is 7.05 Å². The summed E-state index contributed by atoms with van der Waals surface area (Å²) in [6, 6.07) is 16.5. The molecular weight excluding hydrogens is 303 g/mol. The Bertz CT molecular complexity index is 898. The second-order valence-electron chi connectivity index (χ2n) is 6.36. The molecule has 1 amide bonds.